The van der Waals surface area contributed by atoms with E-state index >= 15 is 0 Å². The van der Waals surface area contributed by atoms with E-state index in [1.807, 2.05) is 25.1 Å². The molecule has 0 aromatic heterocycles. The van der Waals surface area contributed by atoms with Gasteiger partial charge in [0.25, 0.3) is 0 Å². The first-order valence-electron chi connectivity index (χ1n) is 9.94. The minimum Gasteiger partial charge on any atom is -0.490 e. The summed E-state index contributed by atoms with van der Waals surface area (Å²) in [7, 11) is 0. The van der Waals surface area contributed by atoms with E-state index in [9.17, 15) is 8.78 Å². The molecule has 1 saturated heterocycles. The monoisotopic (exact) mass is 406 g/mol. The van der Waals surface area contributed by atoms with Crippen molar-refractivity contribution in [1.82, 2.24) is 10.2 Å². The van der Waals surface area contributed by atoms with Gasteiger partial charge in [-0.05, 0) is 30.2 Å². The molecule has 5 nitrogen and oxygen atoms in total. The summed E-state index contributed by atoms with van der Waals surface area (Å²) >= 11 is 0. The Bertz CT molecular complexity index is 740. The molecule has 7 heteroatoms. The van der Waals surface area contributed by atoms with Crippen molar-refractivity contribution in [2.24, 2.45) is 0 Å². The zero-order valence-corrected chi connectivity index (χ0v) is 16.7. The molecule has 29 heavy (non-hydrogen) atoms. The molecule has 1 unspecified atom stereocenters. The van der Waals surface area contributed by atoms with Gasteiger partial charge in [0.1, 0.15) is 0 Å². The van der Waals surface area contributed by atoms with E-state index in [-0.39, 0.29) is 11.8 Å². The van der Waals surface area contributed by atoms with E-state index in [2.05, 4.69) is 27.1 Å². The molecule has 1 atom stereocenters. The van der Waals surface area contributed by atoms with Gasteiger partial charge in [-0.15, -0.1) is 0 Å². The third-order valence-electron chi connectivity index (χ3n) is 4.82. The number of morpholine rings is 1. The van der Waals surface area contributed by atoms with Crippen molar-refractivity contribution >= 4 is 0 Å². The van der Waals surface area contributed by atoms with Gasteiger partial charge >= 0.3 is 6.61 Å². The van der Waals surface area contributed by atoms with Gasteiger partial charge in [0.2, 0.25) is 0 Å². The maximum atomic E-state index is 12.6. The Morgan fingerprint density at radius 1 is 1.07 bits per heavy atom. The van der Waals surface area contributed by atoms with Crippen LogP contribution in [-0.4, -0.2) is 51.0 Å². The van der Waals surface area contributed by atoms with Crippen molar-refractivity contribution < 1.29 is 23.0 Å². The molecule has 1 aliphatic heterocycles. The molecule has 1 N–H and O–H groups in total. The molecular weight excluding hydrogens is 378 g/mol. The topological polar surface area (TPSA) is 43.0 Å². The SMILES string of the molecule is CCOc1cc(CNC(CN2CCOCC2)c2ccccc2)ccc1OC(F)F. The van der Waals surface area contributed by atoms with Gasteiger partial charge in [-0.25, -0.2) is 0 Å². The molecular formula is C22H28F2N2O3. The third kappa shape index (κ3) is 6.66. The second-order valence-corrected chi connectivity index (χ2v) is 6.85. The van der Waals surface area contributed by atoms with Crippen molar-refractivity contribution in [3.63, 3.8) is 0 Å². The first-order chi connectivity index (χ1) is 14.2. The van der Waals surface area contributed by atoms with Crippen molar-refractivity contribution in [1.29, 1.82) is 0 Å². The number of alkyl halides is 2. The third-order valence-corrected chi connectivity index (χ3v) is 4.82. The fraction of sp³-hybridized carbons (Fsp3) is 0.455. The molecule has 0 amide bonds. The average Bonchev–Trinajstić information content (AvgIpc) is 2.74. The highest BCUT2D eigenvalue weighted by atomic mass is 19.3. The van der Waals surface area contributed by atoms with Crippen LogP contribution in [0.1, 0.15) is 24.1 Å². The second-order valence-electron chi connectivity index (χ2n) is 6.85. The summed E-state index contributed by atoms with van der Waals surface area (Å²) in [5.41, 5.74) is 2.15. The number of hydrogen-bond acceptors (Lipinski definition) is 5. The lowest BCUT2D eigenvalue weighted by molar-refractivity contribution is -0.0514. The molecule has 158 valence electrons. The van der Waals surface area contributed by atoms with Gasteiger partial charge in [-0.1, -0.05) is 36.4 Å². The molecule has 3 rings (SSSR count). The van der Waals surface area contributed by atoms with Gasteiger partial charge in [0.15, 0.2) is 11.5 Å². The van der Waals surface area contributed by atoms with Crippen molar-refractivity contribution in [3.8, 4) is 11.5 Å². The molecule has 0 spiro atoms. The summed E-state index contributed by atoms with van der Waals surface area (Å²) < 4.78 is 40.7. The number of nitrogens with one attached hydrogen (secondary N) is 1. The average molecular weight is 406 g/mol. The van der Waals surface area contributed by atoms with Crippen LogP contribution >= 0.6 is 0 Å². The summed E-state index contributed by atoms with van der Waals surface area (Å²) in [6.07, 6.45) is 0. The van der Waals surface area contributed by atoms with Crippen molar-refractivity contribution in [2.75, 3.05) is 39.5 Å². The molecule has 2 aromatic rings. The quantitative estimate of drug-likeness (QED) is 0.649. The Morgan fingerprint density at radius 3 is 2.52 bits per heavy atom. The van der Waals surface area contributed by atoms with E-state index in [4.69, 9.17) is 9.47 Å². The summed E-state index contributed by atoms with van der Waals surface area (Å²) in [6.45, 7) is 4.10. The highest BCUT2D eigenvalue weighted by Crippen LogP contribution is 2.30. The lowest BCUT2D eigenvalue weighted by Gasteiger charge is -2.31. The number of hydrogen-bond donors (Lipinski definition) is 1. The fourth-order valence-corrected chi connectivity index (χ4v) is 3.38. The fourth-order valence-electron chi connectivity index (χ4n) is 3.38. The summed E-state index contributed by atoms with van der Waals surface area (Å²) in [6, 6.07) is 15.5. The number of rotatable bonds is 10. The standard InChI is InChI=1S/C22H28F2N2O3/c1-2-28-21-14-17(8-9-20(21)29-22(23)24)15-25-19(18-6-4-3-5-7-18)16-26-10-12-27-13-11-26/h3-9,14,19,22,25H,2,10-13,15-16H2,1H3. The van der Waals surface area contributed by atoms with Crippen LogP contribution in [0.25, 0.3) is 0 Å². The normalized spacial score (nSPS) is 16.0. The van der Waals surface area contributed by atoms with Gasteiger partial charge < -0.3 is 19.5 Å². The van der Waals surface area contributed by atoms with E-state index in [1.54, 1.807) is 12.1 Å². The number of benzene rings is 2. The smallest absolute Gasteiger partial charge is 0.387 e. The maximum absolute atomic E-state index is 12.6. The van der Waals surface area contributed by atoms with Crippen LogP contribution in [-0.2, 0) is 11.3 Å². The predicted octanol–water partition coefficient (Wildman–Crippen LogP) is 3.85. The zero-order chi connectivity index (χ0) is 20.5. The first kappa shape index (κ1) is 21.5. The van der Waals surface area contributed by atoms with Gasteiger partial charge in [0, 0.05) is 32.2 Å². The summed E-state index contributed by atoms with van der Waals surface area (Å²) in [4.78, 5) is 2.39. The van der Waals surface area contributed by atoms with Crippen molar-refractivity contribution in [3.05, 3.63) is 59.7 Å². The zero-order valence-electron chi connectivity index (χ0n) is 16.7. The molecule has 1 heterocycles. The molecule has 0 saturated carbocycles. The van der Waals surface area contributed by atoms with Crippen LogP contribution in [0.2, 0.25) is 0 Å². The van der Waals surface area contributed by atoms with Crippen LogP contribution in [0.5, 0.6) is 11.5 Å². The van der Waals surface area contributed by atoms with Gasteiger partial charge in [0.05, 0.1) is 19.8 Å². The largest absolute Gasteiger partial charge is 0.490 e. The second kappa shape index (κ2) is 11.1. The Labute approximate surface area is 170 Å². The molecule has 0 aliphatic carbocycles. The van der Waals surface area contributed by atoms with E-state index < -0.39 is 6.61 Å². The minimum atomic E-state index is -2.88. The summed E-state index contributed by atoms with van der Waals surface area (Å²) in [5.74, 6) is 0.384. The predicted molar refractivity (Wildman–Crippen MR) is 108 cm³/mol. The van der Waals surface area contributed by atoms with Crippen LogP contribution in [0, 0.1) is 0 Å². The lowest BCUT2D eigenvalue weighted by atomic mass is 10.1. The van der Waals surface area contributed by atoms with E-state index in [0.29, 0.717) is 18.9 Å². The van der Waals surface area contributed by atoms with Crippen LogP contribution < -0.4 is 14.8 Å². The highest BCUT2D eigenvalue weighted by Gasteiger charge is 2.18. The van der Waals surface area contributed by atoms with Crippen LogP contribution in [0.3, 0.4) is 0 Å². The van der Waals surface area contributed by atoms with Crippen LogP contribution in [0.15, 0.2) is 48.5 Å². The van der Waals surface area contributed by atoms with Crippen molar-refractivity contribution in [2.45, 2.75) is 26.1 Å². The Morgan fingerprint density at radius 2 is 1.83 bits per heavy atom. The Kier molecular flexibility index (Phi) is 8.22. The van der Waals surface area contributed by atoms with Crippen LogP contribution in [0.4, 0.5) is 8.78 Å². The molecule has 0 radical (unpaired) electrons. The molecule has 1 fully saturated rings. The van der Waals surface area contributed by atoms with E-state index in [0.717, 1.165) is 38.4 Å². The Balaban J connectivity index is 1.70. The first-order valence-corrected chi connectivity index (χ1v) is 9.94. The minimum absolute atomic E-state index is 0.0542. The molecule has 1 aliphatic rings. The van der Waals surface area contributed by atoms with E-state index in [1.165, 1.54) is 11.6 Å². The maximum Gasteiger partial charge on any atom is 0.387 e. The van der Waals surface area contributed by atoms with Gasteiger partial charge in [-0.3, -0.25) is 4.90 Å². The molecule has 2 aromatic carbocycles. The Hall–Kier alpha value is -2.22. The van der Waals surface area contributed by atoms with Gasteiger partial charge in [-0.2, -0.15) is 8.78 Å². The highest BCUT2D eigenvalue weighted by molar-refractivity contribution is 5.43. The number of nitrogens with zero attached hydrogens (tertiary/aromatic N) is 1. The molecule has 0 bridgehead atoms. The lowest BCUT2D eigenvalue weighted by Crippen LogP contribution is -2.41. The number of halogens is 2. The number of ether oxygens (including phenoxy) is 3. The summed E-state index contributed by atoms with van der Waals surface area (Å²) in [5, 5.41) is 3.60.